The van der Waals surface area contributed by atoms with Crippen molar-refractivity contribution in [3.8, 4) is 0 Å². The van der Waals surface area contributed by atoms with Crippen molar-refractivity contribution in [3.05, 3.63) is 11.6 Å². The molecule has 1 aliphatic carbocycles. The molecule has 4 rings (SSSR count). The van der Waals surface area contributed by atoms with Crippen molar-refractivity contribution in [2.45, 2.75) is 69.9 Å². The van der Waals surface area contributed by atoms with Gasteiger partial charge in [0.2, 0.25) is 11.8 Å². The molecule has 0 aromatic carbocycles. The van der Waals surface area contributed by atoms with Crippen LogP contribution in [0.5, 0.6) is 0 Å². The van der Waals surface area contributed by atoms with Gasteiger partial charge in [-0.15, -0.1) is 0 Å². The lowest BCUT2D eigenvalue weighted by Crippen LogP contribution is -2.50. The topological polar surface area (TPSA) is 61.9 Å². The molecule has 1 N–H and O–H groups in total. The van der Waals surface area contributed by atoms with Crippen molar-refractivity contribution in [2.75, 3.05) is 39.3 Å². The Hall–Kier alpha value is -1.40. The Morgan fingerprint density at radius 1 is 1.04 bits per heavy atom. The number of allylic oxidation sites excluding steroid dienone is 1. The highest BCUT2D eigenvalue weighted by Gasteiger charge is 2.32. The molecule has 0 bridgehead atoms. The summed E-state index contributed by atoms with van der Waals surface area (Å²) >= 11 is 0. The van der Waals surface area contributed by atoms with Gasteiger partial charge >= 0.3 is 0 Å². The third kappa shape index (κ3) is 4.77. The van der Waals surface area contributed by atoms with Gasteiger partial charge in [0, 0.05) is 43.8 Å². The molecule has 0 spiro atoms. The Bertz CT molecular complexity index is 584. The third-order valence-electron chi connectivity index (χ3n) is 7.01. The molecule has 3 saturated heterocycles. The second-order valence-electron chi connectivity index (χ2n) is 8.84. The van der Waals surface area contributed by atoms with Crippen LogP contribution in [-0.4, -0.2) is 73.1 Å². The molecule has 156 valence electrons. The Morgan fingerprint density at radius 2 is 1.82 bits per heavy atom. The number of piperidine rings is 2. The van der Waals surface area contributed by atoms with E-state index in [4.69, 9.17) is 4.74 Å². The highest BCUT2D eigenvalue weighted by atomic mass is 16.5. The van der Waals surface area contributed by atoms with Crippen LogP contribution in [0.25, 0.3) is 0 Å². The molecule has 0 aromatic rings. The van der Waals surface area contributed by atoms with E-state index in [1.807, 2.05) is 0 Å². The Kier molecular flexibility index (Phi) is 6.68. The minimum absolute atomic E-state index is 0.147. The first-order chi connectivity index (χ1) is 13.7. The van der Waals surface area contributed by atoms with Gasteiger partial charge in [-0.1, -0.05) is 6.08 Å². The maximum absolute atomic E-state index is 12.5. The second kappa shape index (κ2) is 9.40. The highest BCUT2D eigenvalue weighted by Crippen LogP contribution is 2.26. The largest absolute Gasteiger partial charge is 0.376 e. The van der Waals surface area contributed by atoms with Gasteiger partial charge in [-0.3, -0.25) is 9.59 Å². The quantitative estimate of drug-likeness (QED) is 0.782. The van der Waals surface area contributed by atoms with Gasteiger partial charge in [-0.2, -0.15) is 0 Å². The molecule has 28 heavy (non-hydrogen) atoms. The Labute approximate surface area is 168 Å². The molecule has 0 radical (unpaired) electrons. The first kappa shape index (κ1) is 19.9. The average Bonchev–Trinajstić information content (AvgIpc) is 3.46. The molecular formula is C22H35N3O3. The van der Waals surface area contributed by atoms with Gasteiger partial charge in [-0.05, 0) is 70.9 Å². The molecule has 0 saturated carbocycles. The van der Waals surface area contributed by atoms with Crippen molar-refractivity contribution >= 4 is 11.8 Å². The molecule has 3 aliphatic heterocycles. The van der Waals surface area contributed by atoms with E-state index in [1.165, 1.54) is 0 Å². The van der Waals surface area contributed by atoms with E-state index in [-0.39, 0.29) is 23.8 Å². The van der Waals surface area contributed by atoms with Gasteiger partial charge in [0.25, 0.3) is 0 Å². The van der Waals surface area contributed by atoms with Gasteiger partial charge in [0.05, 0.1) is 6.10 Å². The fraction of sp³-hybridized carbons (Fsp3) is 0.818. The molecule has 3 heterocycles. The van der Waals surface area contributed by atoms with Gasteiger partial charge < -0.3 is 19.9 Å². The monoisotopic (exact) mass is 389 g/mol. The lowest BCUT2D eigenvalue weighted by Gasteiger charge is -2.41. The maximum Gasteiger partial charge on any atom is 0.249 e. The summed E-state index contributed by atoms with van der Waals surface area (Å²) in [6, 6.07) is 0.567. The summed E-state index contributed by atoms with van der Waals surface area (Å²) in [7, 11) is 0. The van der Waals surface area contributed by atoms with Gasteiger partial charge in [-0.25, -0.2) is 0 Å². The fourth-order valence-corrected chi connectivity index (χ4v) is 5.19. The number of carbonyl (C=O) groups excluding carboxylic acids is 2. The molecule has 6 heteroatoms. The summed E-state index contributed by atoms with van der Waals surface area (Å²) in [6.45, 7) is 5.26. The summed E-state index contributed by atoms with van der Waals surface area (Å²) in [5.41, 5.74) is 1.04. The zero-order valence-corrected chi connectivity index (χ0v) is 17.0. The molecule has 2 amide bonds. The van der Waals surface area contributed by atoms with Crippen LogP contribution < -0.4 is 5.32 Å². The number of nitrogens with zero attached hydrogens (tertiary/aromatic N) is 2. The number of rotatable bonds is 5. The summed E-state index contributed by atoms with van der Waals surface area (Å²) in [5.74, 6) is 0.631. The van der Waals surface area contributed by atoms with Crippen LogP contribution in [0.1, 0.15) is 57.8 Å². The molecule has 1 atom stereocenters. The first-order valence-electron chi connectivity index (χ1n) is 11.3. The molecular weight excluding hydrogens is 354 g/mol. The second-order valence-corrected chi connectivity index (χ2v) is 8.84. The molecule has 4 aliphatic rings. The van der Waals surface area contributed by atoms with Crippen LogP contribution in [-0.2, 0) is 14.3 Å². The van der Waals surface area contributed by atoms with Crippen molar-refractivity contribution in [1.29, 1.82) is 0 Å². The van der Waals surface area contributed by atoms with Gasteiger partial charge in [0.15, 0.2) is 0 Å². The van der Waals surface area contributed by atoms with Crippen LogP contribution in [0.15, 0.2) is 11.6 Å². The zero-order chi connectivity index (χ0) is 19.3. The number of hydrogen-bond donors (Lipinski definition) is 1. The standard InChI is InChI=1S/C22H35N3O3/c26-21(23-16-20-6-3-15-28-20)17-7-11-24(12-8-17)19-9-13-25(14-10-19)22(27)18-4-1-2-5-18/h4,17,19-20H,1-3,5-16H2,(H,23,26). The van der Waals surface area contributed by atoms with E-state index in [0.717, 1.165) is 96.1 Å². The number of ether oxygens (including phenoxy) is 1. The first-order valence-corrected chi connectivity index (χ1v) is 11.3. The van der Waals surface area contributed by atoms with E-state index in [1.54, 1.807) is 0 Å². The van der Waals surface area contributed by atoms with Crippen molar-refractivity contribution in [3.63, 3.8) is 0 Å². The van der Waals surface area contributed by atoms with Crippen LogP contribution in [0.2, 0.25) is 0 Å². The summed E-state index contributed by atoms with van der Waals surface area (Å²) in [6.07, 6.45) is 11.7. The predicted molar refractivity (Wildman–Crippen MR) is 108 cm³/mol. The van der Waals surface area contributed by atoms with E-state index in [2.05, 4.69) is 21.2 Å². The van der Waals surface area contributed by atoms with Crippen molar-refractivity contribution in [2.24, 2.45) is 5.92 Å². The number of carbonyl (C=O) groups is 2. The number of nitrogens with one attached hydrogen (secondary N) is 1. The lowest BCUT2D eigenvalue weighted by molar-refractivity contribution is -0.130. The highest BCUT2D eigenvalue weighted by molar-refractivity contribution is 5.93. The van der Waals surface area contributed by atoms with Crippen molar-refractivity contribution in [1.82, 2.24) is 15.1 Å². The fourth-order valence-electron chi connectivity index (χ4n) is 5.19. The third-order valence-corrected chi connectivity index (χ3v) is 7.01. The van der Waals surface area contributed by atoms with E-state index in [9.17, 15) is 9.59 Å². The minimum Gasteiger partial charge on any atom is -0.376 e. The molecule has 1 unspecified atom stereocenters. The molecule has 3 fully saturated rings. The lowest BCUT2D eigenvalue weighted by atomic mass is 9.92. The van der Waals surface area contributed by atoms with Crippen LogP contribution >= 0.6 is 0 Å². The smallest absolute Gasteiger partial charge is 0.249 e. The van der Waals surface area contributed by atoms with Crippen LogP contribution in [0.4, 0.5) is 0 Å². The zero-order valence-electron chi connectivity index (χ0n) is 17.0. The van der Waals surface area contributed by atoms with Crippen molar-refractivity contribution < 1.29 is 14.3 Å². The normalized spacial score (nSPS) is 27.8. The Morgan fingerprint density at radius 3 is 2.46 bits per heavy atom. The van der Waals surface area contributed by atoms with Gasteiger partial charge in [0.1, 0.15) is 0 Å². The van der Waals surface area contributed by atoms with E-state index < -0.39 is 0 Å². The SMILES string of the molecule is O=C(NCC1CCCO1)C1CCN(C2CCN(C(=O)C3=CCCC3)CC2)CC1. The number of likely N-dealkylation sites (tertiary alicyclic amines) is 2. The number of hydrogen-bond acceptors (Lipinski definition) is 4. The maximum atomic E-state index is 12.5. The average molecular weight is 390 g/mol. The minimum atomic E-state index is 0.147. The van der Waals surface area contributed by atoms with Crippen LogP contribution in [0, 0.1) is 5.92 Å². The molecule has 6 nitrogen and oxygen atoms in total. The van der Waals surface area contributed by atoms with E-state index in [0.29, 0.717) is 12.6 Å². The van der Waals surface area contributed by atoms with E-state index >= 15 is 0 Å². The summed E-state index contributed by atoms with van der Waals surface area (Å²) in [4.78, 5) is 29.6. The summed E-state index contributed by atoms with van der Waals surface area (Å²) < 4.78 is 5.59. The molecule has 0 aromatic heterocycles. The number of amides is 2. The predicted octanol–water partition coefficient (Wildman–Crippen LogP) is 2.09. The summed E-state index contributed by atoms with van der Waals surface area (Å²) in [5, 5.41) is 3.10. The van der Waals surface area contributed by atoms with Crippen LogP contribution in [0.3, 0.4) is 0 Å². The Balaban J connectivity index is 1.16.